The van der Waals surface area contributed by atoms with Crippen molar-refractivity contribution in [2.75, 3.05) is 6.54 Å². The van der Waals surface area contributed by atoms with Crippen molar-refractivity contribution in [3.63, 3.8) is 0 Å². The molecule has 0 aromatic rings. The van der Waals surface area contributed by atoms with Crippen molar-refractivity contribution in [1.29, 1.82) is 0 Å². The largest absolute Gasteiger partial charge is 0.480 e. The zero-order chi connectivity index (χ0) is 12.2. The molecule has 4 N–H and O–H groups in total. The highest BCUT2D eigenvalue weighted by Gasteiger charge is 2.28. The Morgan fingerprint density at radius 1 is 1.44 bits per heavy atom. The van der Waals surface area contributed by atoms with E-state index in [0.717, 1.165) is 12.8 Å². The van der Waals surface area contributed by atoms with Crippen molar-refractivity contribution >= 4 is 16.0 Å². The van der Waals surface area contributed by atoms with Crippen LogP contribution in [-0.4, -0.2) is 37.3 Å². The highest BCUT2D eigenvalue weighted by molar-refractivity contribution is 7.90. The minimum Gasteiger partial charge on any atom is -0.480 e. The zero-order valence-corrected chi connectivity index (χ0v) is 9.87. The van der Waals surface area contributed by atoms with Gasteiger partial charge in [0.05, 0.1) is 5.25 Å². The van der Waals surface area contributed by atoms with Crippen LogP contribution in [0.15, 0.2) is 0 Å². The van der Waals surface area contributed by atoms with Crippen molar-refractivity contribution in [3.8, 4) is 0 Å². The molecule has 0 aromatic carbocycles. The number of nitrogens with one attached hydrogen (secondary N) is 1. The fourth-order valence-corrected chi connectivity index (χ4v) is 3.39. The summed E-state index contributed by atoms with van der Waals surface area (Å²) < 4.78 is 25.8. The molecule has 0 saturated heterocycles. The summed E-state index contributed by atoms with van der Waals surface area (Å²) >= 11 is 0. The van der Waals surface area contributed by atoms with E-state index in [1.54, 1.807) is 0 Å². The average molecular weight is 250 g/mol. The summed E-state index contributed by atoms with van der Waals surface area (Å²) in [5, 5.41) is 8.21. The maximum atomic E-state index is 11.7. The fraction of sp³-hybridized carbons (Fsp3) is 0.889. The number of nitrogens with two attached hydrogens (primary N) is 1. The third-order valence-corrected chi connectivity index (χ3v) is 4.77. The molecule has 1 aliphatic carbocycles. The van der Waals surface area contributed by atoms with Crippen LogP contribution in [0.1, 0.15) is 32.1 Å². The molecule has 0 aromatic heterocycles. The van der Waals surface area contributed by atoms with E-state index in [1.807, 2.05) is 0 Å². The molecule has 0 radical (unpaired) electrons. The Balaban J connectivity index is 2.33. The first-order valence-corrected chi connectivity index (χ1v) is 6.95. The van der Waals surface area contributed by atoms with Crippen molar-refractivity contribution in [3.05, 3.63) is 0 Å². The Morgan fingerprint density at radius 2 is 2.00 bits per heavy atom. The summed E-state index contributed by atoms with van der Waals surface area (Å²) in [6.45, 7) is 0.0896. The van der Waals surface area contributed by atoms with Gasteiger partial charge in [-0.2, -0.15) is 0 Å². The van der Waals surface area contributed by atoms with Crippen molar-refractivity contribution in [2.45, 2.75) is 43.4 Å². The quantitative estimate of drug-likeness (QED) is 0.597. The molecule has 7 heteroatoms. The summed E-state index contributed by atoms with van der Waals surface area (Å²) in [4.78, 5) is 10.4. The molecule has 0 heterocycles. The molecule has 16 heavy (non-hydrogen) atoms. The molecule has 0 spiro atoms. The Morgan fingerprint density at radius 3 is 2.50 bits per heavy atom. The molecule has 1 fully saturated rings. The van der Waals surface area contributed by atoms with Crippen molar-refractivity contribution in [2.24, 2.45) is 5.73 Å². The second-order valence-electron chi connectivity index (χ2n) is 4.08. The van der Waals surface area contributed by atoms with Crippen LogP contribution in [0, 0.1) is 0 Å². The first kappa shape index (κ1) is 13.4. The van der Waals surface area contributed by atoms with E-state index >= 15 is 0 Å². The molecule has 1 saturated carbocycles. The predicted molar refractivity (Wildman–Crippen MR) is 59.4 cm³/mol. The van der Waals surface area contributed by atoms with Gasteiger partial charge in [0.1, 0.15) is 6.04 Å². The number of aliphatic carboxylic acids is 1. The summed E-state index contributed by atoms with van der Waals surface area (Å²) in [7, 11) is -3.28. The highest BCUT2D eigenvalue weighted by Crippen LogP contribution is 2.23. The van der Waals surface area contributed by atoms with Crippen LogP contribution in [0.5, 0.6) is 0 Å². The Kier molecular flexibility index (Phi) is 4.69. The van der Waals surface area contributed by atoms with Gasteiger partial charge in [0.15, 0.2) is 0 Å². The lowest BCUT2D eigenvalue weighted by Crippen LogP contribution is -2.38. The van der Waals surface area contributed by atoms with Crippen LogP contribution in [0.25, 0.3) is 0 Å². The molecular weight excluding hydrogens is 232 g/mol. The summed E-state index contributed by atoms with van der Waals surface area (Å²) in [5.41, 5.74) is 5.26. The van der Waals surface area contributed by atoms with E-state index < -0.39 is 22.0 Å². The van der Waals surface area contributed by atoms with Gasteiger partial charge in [-0.15, -0.1) is 0 Å². The first-order valence-electron chi connectivity index (χ1n) is 5.40. The number of carbonyl (C=O) groups is 1. The van der Waals surface area contributed by atoms with Gasteiger partial charge in [-0.3, -0.25) is 4.79 Å². The molecule has 1 atom stereocenters. The van der Waals surface area contributed by atoms with Gasteiger partial charge in [0.25, 0.3) is 0 Å². The number of carboxylic acids is 1. The first-order chi connectivity index (χ1) is 7.43. The third-order valence-electron chi connectivity index (χ3n) is 2.82. The maximum absolute atomic E-state index is 11.7. The van der Waals surface area contributed by atoms with Crippen LogP contribution in [0.2, 0.25) is 0 Å². The Labute approximate surface area is 95.3 Å². The second-order valence-corrected chi connectivity index (χ2v) is 6.12. The van der Waals surface area contributed by atoms with Crippen LogP contribution in [-0.2, 0) is 14.8 Å². The molecule has 94 valence electrons. The Hall–Kier alpha value is -0.660. The molecule has 0 bridgehead atoms. The van der Waals surface area contributed by atoms with E-state index in [1.165, 1.54) is 0 Å². The number of carboxylic acid groups (broad SMARTS) is 1. The molecule has 0 amide bonds. The summed E-state index contributed by atoms with van der Waals surface area (Å²) in [6, 6.07) is -1.01. The number of hydrogen-bond donors (Lipinski definition) is 3. The lowest BCUT2D eigenvalue weighted by Gasteiger charge is -2.13. The van der Waals surface area contributed by atoms with Gasteiger partial charge in [-0.25, -0.2) is 13.1 Å². The zero-order valence-electron chi connectivity index (χ0n) is 9.05. The minimum atomic E-state index is -3.28. The number of rotatable bonds is 6. The fourth-order valence-electron chi connectivity index (χ4n) is 1.80. The normalized spacial score (nSPS) is 19.8. The third kappa shape index (κ3) is 3.73. The summed E-state index contributed by atoms with van der Waals surface area (Å²) in [6.07, 6.45) is 3.39. The van der Waals surface area contributed by atoms with Gasteiger partial charge in [0.2, 0.25) is 10.0 Å². The van der Waals surface area contributed by atoms with Crippen molar-refractivity contribution < 1.29 is 18.3 Å². The number of sulfonamides is 1. The monoisotopic (exact) mass is 250 g/mol. The number of hydrogen-bond acceptors (Lipinski definition) is 4. The lowest BCUT2D eigenvalue weighted by atomic mass is 10.2. The molecule has 1 aliphatic rings. The maximum Gasteiger partial charge on any atom is 0.320 e. The second kappa shape index (κ2) is 5.60. The van der Waals surface area contributed by atoms with Crippen LogP contribution in [0.3, 0.4) is 0 Å². The van der Waals surface area contributed by atoms with Gasteiger partial charge in [-0.05, 0) is 19.3 Å². The molecule has 1 unspecified atom stereocenters. The van der Waals surface area contributed by atoms with E-state index in [0.29, 0.717) is 12.8 Å². The van der Waals surface area contributed by atoms with E-state index in [-0.39, 0.29) is 18.2 Å². The van der Waals surface area contributed by atoms with E-state index in [4.69, 9.17) is 10.8 Å². The smallest absolute Gasteiger partial charge is 0.320 e. The average Bonchev–Trinajstić information content (AvgIpc) is 2.70. The van der Waals surface area contributed by atoms with Gasteiger partial charge < -0.3 is 10.8 Å². The van der Waals surface area contributed by atoms with E-state index in [2.05, 4.69) is 4.72 Å². The van der Waals surface area contributed by atoms with Crippen LogP contribution < -0.4 is 10.5 Å². The Bertz CT molecular complexity index is 335. The molecule has 6 nitrogen and oxygen atoms in total. The molecular formula is C9H18N2O4S. The topological polar surface area (TPSA) is 109 Å². The van der Waals surface area contributed by atoms with Gasteiger partial charge in [-0.1, -0.05) is 12.8 Å². The predicted octanol–water partition coefficient (Wildman–Crippen LogP) is -0.350. The minimum absolute atomic E-state index is 0.0896. The van der Waals surface area contributed by atoms with Crippen LogP contribution in [0.4, 0.5) is 0 Å². The van der Waals surface area contributed by atoms with Crippen molar-refractivity contribution in [1.82, 2.24) is 4.72 Å². The lowest BCUT2D eigenvalue weighted by molar-refractivity contribution is -0.138. The summed E-state index contributed by atoms with van der Waals surface area (Å²) in [5.74, 6) is -1.11. The standard InChI is InChI=1S/C9H18N2O4S/c10-8(9(12)13)5-6-11-16(14,15)7-3-1-2-4-7/h7-8,11H,1-6,10H2,(H,12,13). The van der Waals surface area contributed by atoms with Crippen LogP contribution >= 0.6 is 0 Å². The van der Waals surface area contributed by atoms with E-state index in [9.17, 15) is 13.2 Å². The van der Waals surface area contributed by atoms with Gasteiger partial charge >= 0.3 is 5.97 Å². The highest BCUT2D eigenvalue weighted by atomic mass is 32.2. The SMILES string of the molecule is NC(CCNS(=O)(=O)C1CCCC1)C(=O)O. The van der Waals surface area contributed by atoms with Gasteiger partial charge in [0, 0.05) is 6.54 Å². The molecule has 1 rings (SSSR count). The molecule has 0 aliphatic heterocycles.